The van der Waals surface area contributed by atoms with E-state index in [2.05, 4.69) is 15.1 Å². The van der Waals surface area contributed by atoms with Crippen LogP contribution in [0.3, 0.4) is 0 Å². The van der Waals surface area contributed by atoms with E-state index in [4.69, 9.17) is 0 Å². The van der Waals surface area contributed by atoms with Gasteiger partial charge >= 0.3 is 0 Å². The summed E-state index contributed by atoms with van der Waals surface area (Å²) < 4.78 is 1.60. The fourth-order valence-corrected chi connectivity index (χ4v) is 3.63. The SMILES string of the molecule is Cc1ccccc1N1C(=O)c2cnc3c(c(C)nn3-c3ccccn3)c2C1=O. The van der Waals surface area contributed by atoms with Crippen LogP contribution in [0.15, 0.2) is 54.9 Å². The lowest BCUT2D eigenvalue weighted by Crippen LogP contribution is -2.30. The average Bonchev–Trinajstić information content (AvgIpc) is 3.18. The Hall–Kier alpha value is -3.87. The fourth-order valence-electron chi connectivity index (χ4n) is 3.63. The van der Waals surface area contributed by atoms with E-state index in [-0.39, 0.29) is 11.8 Å². The Morgan fingerprint density at radius 1 is 0.893 bits per heavy atom. The van der Waals surface area contributed by atoms with Gasteiger partial charge in [-0.1, -0.05) is 24.3 Å². The quantitative estimate of drug-likeness (QED) is 0.507. The molecular formula is C21H15N5O2. The lowest BCUT2D eigenvalue weighted by molar-refractivity contribution is 0.0926. The van der Waals surface area contributed by atoms with Gasteiger partial charge < -0.3 is 0 Å². The summed E-state index contributed by atoms with van der Waals surface area (Å²) in [5, 5.41) is 5.10. The third-order valence-corrected chi connectivity index (χ3v) is 4.94. The first-order valence-corrected chi connectivity index (χ1v) is 8.82. The average molecular weight is 369 g/mol. The Morgan fingerprint density at radius 2 is 1.68 bits per heavy atom. The second-order valence-electron chi connectivity index (χ2n) is 6.66. The van der Waals surface area contributed by atoms with Gasteiger partial charge in [0.15, 0.2) is 11.5 Å². The molecule has 28 heavy (non-hydrogen) atoms. The number of para-hydroxylation sites is 1. The van der Waals surface area contributed by atoms with Crippen LogP contribution in [0.4, 0.5) is 5.69 Å². The van der Waals surface area contributed by atoms with Gasteiger partial charge in [-0.25, -0.2) is 14.9 Å². The number of rotatable bonds is 2. The van der Waals surface area contributed by atoms with E-state index in [1.807, 2.05) is 43.3 Å². The van der Waals surface area contributed by atoms with Crippen LogP contribution >= 0.6 is 0 Å². The van der Waals surface area contributed by atoms with Gasteiger partial charge in [-0.05, 0) is 37.6 Å². The van der Waals surface area contributed by atoms with Crippen molar-refractivity contribution < 1.29 is 9.59 Å². The molecule has 0 N–H and O–H groups in total. The molecule has 5 rings (SSSR count). The summed E-state index contributed by atoms with van der Waals surface area (Å²) in [6.45, 7) is 3.68. The lowest BCUT2D eigenvalue weighted by Gasteiger charge is -2.16. The van der Waals surface area contributed by atoms with E-state index >= 15 is 0 Å². The van der Waals surface area contributed by atoms with Gasteiger partial charge in [-0.15, -0.1) is 0 Å². The minimum Gasteiger partial charge on any atom is -0.268 e. The van der Waals surface area contributed by atoms with E-state index in [9.17, 15) is 9.59 Å². The third-order valence-electron chi connectivity index (χ3n) is 4.94. The van der Waals surface area contributed by atoms with Gasteiger partial charge in [0, 0.05) is 12.4 Å². The number of fused-ring (bicyclic) bond motifs is 3. The van der Waals surface area contributed by atoms with Crippen LogP contribution in [0, 0.1) is 13.8 Å². The molecule has 4 aromatic rings. The topological polar surface area (TPSA) is 81.0 Å². The Morgan fingerprint density at radius 3 is 2.43 bits per heavy atom. The van der Waals surface area contributed by atoms with Crippen molar-refractivity contribution in [3.8, 4) is 5.82 Å². The molecule has 0 spiro atoms. The number of carbonyl (C=O) groups excluding carboxylic acids is 2. The fraction of sp³-hybridized carbons (Fsp3) is 0.0952. The highest BCUT2D eigenvalue weighted by atomic mass is 16.2. The molecule has 3 aromatic heterocycles. The predicted molar refractivity (Wildman–Crippen MR) is 104 cm³/mol. The molecule has 0 saturated heterocycles. The van der Waals surface area contributed by atoms with Crippen LogP contribution in [-0.2, 0) is 0 Å². The van der Waals surface area contributed by atoms with Crippen LogP contribution in [0.25, 0.3) is 16.9 Å². The number of imide groups is 1. The summed E-state index contributed by atoms with van der Waals surface area (Å²) in [6, 6.07) is 12.8. The second-order valence-corrected chi connectivity index (χ2v) is 6.66. The molecule has 1 aliphatic heterocycles. The van der Waals surface area contributed by atoms with Crippen LogP contribution in [0.5, 0.6) is 0 Å². The Balaban J connectivity index is 1.75. The molecule has 4 heterocycles. The van der Waals surface area contributed by atoms with Crippen molar-refractivity contribution in [1.82, 2.24) is 19.7 Å². The van der Waals surface area contributed by atoms with E-state index in [0.29, 0.717) is 39.4 Å². The zero-order chi connectivity index (χ0) is 19.4. The molecule has 0 aliphatic carbocycles. The van der Waals surface area contributed by atoms with Gasteiger partial charge in [0.1, 0.15) is 0 Å². The molecule has 0 saturated carbocycles. The van der Waals surface area contributed by atoms with Crippen molar-refractivity contribution in [2.24, 2.45) is 0 Å². The van der Waals surface area contributed by atoms with Gasteiger partial charge in [0.25, 0.3) is 11.8 Å². The first kappa shape index (κ1) is 16.3. The molecule has 2 amide bonds. The Labute approximate surface area is 160 Å². The van der Waals surface area contributed by atoms with Crippen molar-refractivity contribution in [2.45, 2.75) is 13.8 Å². The maximum absolute atomic E-state index is 13.3. The molecule has 7 nitrogen and oxygen atoms in total. The Kier molecular flexibility index (Phi) is 3.39. The number of benzene rings is 1. The summed E-state index contributed by atoms with van der Waals surface area (Å²) in [5.41, 5.74) is 3.20. The Bertz CT molecular complexity index is 1280. The number of hydrogen-bond acceptors (Lipinski definition) is 5. The van der Waals surface area contributed by atoms with Crippen molar-refractivity contribution in [3.05, 3.63) is 77.2 Å². The maximum Gasteiger partial charge on any atom is 0.267 e. The number of aromatic nitrogens is 4. The number of aryl methyl sites for hydroxylation is 2. The van der Waals surface area contributed by atoms with E-state index < -0.39 is 0 Å². The molecule has 136 valence electrons. The monoisotopic (exact) mass is 369 g/mol. The van der Waals surface area contributed by atoms with Gasteiger partial charge in [-0.3, -0.25) is 9.59 Å². The normalized spacial score (nSPS) is 13.4. The van der Waals surface area contributed by atoms with Crippen LogP contribution < -0.4 is 4.90 Å². The molecule has 7 heteroatoms. The van der Waals surface area contributed by atoms with E-state index in [1.165, 1.54) is 11.1 Å². The largest absolute Gasteiger partial charge is 0.268 e. The first-order chi connectivity index (χ1) is 13.6. The summed E-state index contributed by atoms with van der Waals surface area (Å²) in [5.74, 6) is -0.125. The minimum atomic E-state index is -0.367. The summed E-state index contributed by atoms with van der Waals surface area (Å²) in [6.07, 6.45) is 3.12. The number of anilines is 1. The van der Waals surface area contributed by atoms with E-state index in [1.54, 1.807) is 23.9 Å². The summed E-state index contributed by atoms with van der Waals surface area (Å²) >= 11 is 0. The molecule has 1 aliphatic rings. The first-order valence-electron chi connectivity index (χ1n) is 8.82. The minimum absolute atomic E-state index is 0.296. The van der Waals surface area contributed by atoms with Crippen molar-refractivity contribution in [3.63, 3.8) is 0 Å². The highest BCUT2D eigenvalue weighted by Crippen LogP contribution is 2.35. The summed E-state index contributed by atoms with van der Waals surface area (Å²) in [4.78, 5) is 36.3. The number of carbonyl (C=O) groups is 2. The molecule has 0 bridgehead atoms. The van der Waals surface area contributed by atoms with Crippen molar-refractivity contribution >= 4 is 28.5 Å². The van der Waals surface area contributed by atoms with Crippen LogP contribution in [0.1, 0.15) is 32.0 Å². The number of hydrogen-bond donors (Lipinski definition) is 0. The molecule has 1 aromatic carbocycles. The number of pyridine rings is 2. The van der Waals surface area contributed by atoms with Crippen LogP contribution in [0.2, 0.25) is 0 Å². The van der Waals surface area contributed by atoms with E-state index in [0.717, 1.165) is 5.56 Å². The molecule has 0 atom stereocenters. The molecule has 0 fully saturated rings. The lowest BCUT2D eigenvalue weighted by atomic mass is 10.1. The third kappa shape index (κ3) is 2.13. The highest BCUT2D eigenvalue weighted by molar-refractivity contribution is 6.37. The van der Waals surface area contributed by atoms with Gasteiger partial charge in [0.2, 0.25) is 0 Å². The smallest absolute Gasteiger partial charge is 0.267 e. The summed E-state index contributed by atoms with van der Waals surface area (Å²) in [7, 11) is 0. The number of nitrogens with zero attached hydrogens (tertiary/aromatic N) is 5. The second kappa shape index (κ2) is 5.82. The standard InChI is InChI=1S/C21H15N5O2/c1-12-7-3-4-8-15(12)25-20(27)14-11-23-19-17(18(14)21(25)28)13(2)24-26(19)16-9-5-6-10-22-16/h3-11H,1-2H3. The molecule has 0 radical (unpaired) electrons. The highest BCUT2D eigenvalue weighted by Gasteiger charge is 2.40. The molecular weight excluding hydrogens is 354 g/mol. The zero-order valence-electron chi connectivity index (χ0n) is 15.2. The zero-order valence-corrected chi connectivity index (χ0v) is 15.2. The predicted octanol–water partition coefficient (Wildman–Crippen LogP) is 3.23. The van der Waals surface area contributed by atoms with Gasteiger partial charge in [0.05, 0.1) is 27.9 Å². The van der Waals surface area contributed by atoms with Crippen molar-refractivity contribution in [1.29, 1.82) is 0 Å². The molecule has 0 unspecified atom stereocenters. The van der Waals surface area contributed by atoms with Gasteiger partial charge in [-0.2, -0.15) is 9.78 Å². The maximum atomic E-state index is 13.3. The van der Waals surface area contributed by atoms with Crippen molar-refractivity contribution in [2.75, 3.05) is 4.90 Å². The number of amides is 2. The van der Waals surface area contributed by atoms with Crippen LogP contribution in [-0.4, -0.2) is 31.6 Å².